The van der Waals surface area contributed by atoms with Gasteiger partial charge in [0.25, 0.3) is 10.1 Å². The number of nitrogens with two attached hydrogens (primary N) is 1. The van der Waals surface area contributed by atoms with Gasteiger partial charge in [-0.1, -0.05) is 42.5 Å². The molecule has 0 spiro atoms. The van der Waals surface area contributed by atoms with Crippen LogP contribution in [0.4, 0.5) is 10.1 Å². The number of benzene rings is 3. The molecule has 6 rings (SSSR count). The van der Waals surface area contributed by atoms with Crippen LogP contribution in [0.15, 0.2) is 102 Å². The highest BCUT2D eigenvalue weighted by Gasteiger charge is 2.28. The van der Waals surface area contributed by atoms with Gasteiger partial charge in [-0.2, -0.15) is 8.42 Å². The average Bonchev–Trinajstić information content (AvgIpc) is 3.55. The van der Waals surface area contributed by atoms with E-state index in [1.807, 2.05) is 43.3 Å². The Morgan fingerprint density at radius 1 is 1.02 bits per heavy atom. The molecule has 10 nitrogen and oxygen atoms in total. The van der Waals surface area contributed by atoms with Crippen molar-refractivity contribution in [2.24, 2.45) is 5.73 Å². The minimum absolute atomic E-state index is 0.0379. The summed E-state index contributed by atoms with van der Waals surface area (Å²) in [5.41, 5.74) is 9.82. The van der Waals surface area contributed by atoms with E-state index in [9.17, 15) is 17.6 Å². The third kappa shape index (κ3) is 6.62. The quantitative estimate of drug-likeness (QED) is 0.272. The van der Waals surface area contributed by atoms with E-state index in [1.165, 1.54) is 24.3 Å². The Morgan fingerprint density at radius 2 is 1.76 bits per heavy atom. The largest absolute Gasteiger partial charge is 0.469 e. The molecule has 1 fully saturated rings. The zero-order valence-corrected chi connectivity index (χ0v) is 23.4. The number of hydrogen-bond acceptors (Lipinski definition) is 7. The molecule has 42 heavy (non-hydrogen) atoms. The molecule has 3 N–H and O–H groups in total. The molecule has 1 saturated heterocycles. The van der Waals surface area contributed by atoms with Crippen LogP contribution < -0.4 is 15.4 Å². The number of carbonyl (C=O) groups is 1. The summed E-state index contributed by atoms with van der Waals surface area (Å²) in [4.78, 5) is 18.2. The molecule has 5 aromatic rings. The van der Waals surface area contributed by atoms with Crippen LogP contribution in [0.1, 0.15) is 25.0 Å². The van der Waals surface area contributed by atoms with Crippen molar-refractivity contribution >= 4 is 27.4 Å². The lowest BCUT2D eigenvalue weighted by Crippen LogP contribution is -2.27. The number of fused-ring (bicyclic) bond motifs is 1. The number of ether oxygens (including phenoxy) is 1. The lowest BCUT2D eigenvalue weighted by atomic mass is 10.1. The smallest absolute Gasteiger partial charge is 0.294 e. The maximum Gasteiger partial charge on any atom is 0.294 e. The number of halogens is 1. The van der Waals surface area contributed by atoms with E-state index in [-0.39, 0.29) is 28.8 Å². The first-order chi connectivity index (χ1) is 20.1. The number of anilines is 1. The summed E-state index contributed by atoms with van der Waals surface area (Å²) in [5, 5.41) is 4.58. The van der Waals surface area contributed by atoms with Crippen molar-refractivity contribution in [1.29, 1.82) is 0 Å². The third-order valence-corrected chi connectivity index (χ3v) is 7.49. The average molecular weight is 590 g/mol. The molecule has 0 aliphatic carbocycles. The zero-order chi connectivity index (χ0) is 29.9. The number of amides is 1. The molecule has 1 aliphatic rings. The second-order valence-electron chi connectivity index (χ2n) is 9.70. The van der Waals surface area contributed by atoms with Crippen molar-refractivity contribution in [3.8, 4) is 17.1 Å². The van der Waals surface area contributed by atoms with Gasteiger partial charge in [-0.25, -0.2) is 13.9 Å². The van der Waals surface area contributed by atoms with E-state index in [4.69, 9.17) is 15.0 Å². The van der Waals surface area contributed by atoms with Crippen LogP contribution in [-0.4, -0.2) is 46.1 Å². The minimum Gasteiger partial charge on any atom is -0.469 e. The molecule has 0 radical (unpaired) electrons. The molecule has 2 aromatic heterocycles. The van der Waals surface area contributed by atoms with E-state index >= 15 is 0 Å². The van der Waals surface area contributed by atoms with Crippen LogP contribution in [-0.2, 0) is 14.9 Å². The summed E-state index contributed by atoms with van der Waals surface area (Å²) >= 11 is 0. The summed E-state index contributed by atoms with van der Waals surface area (Å²) < 4.78 is 50.4. The molecule has 3 heterocycles. The van der Waals surface area contributed by atoms with Gasteiger partial charge in [-0.15, -0.1) is 5.10 Å². The second kappa shape index (κ2) is 12.1. The maximum atomic E-state index is 13.5. The second-order valence-corrected chi connectivity index (χ2v) is 11.1. The number of nitrogens with zero attached hydrogens (tertiary/aromatic N) is 4. The van der Waals surface area contributed by atoms with Crippen LogP contribution in [0.3, 0.4) is 0 Å². The predicted octanol–water partition coefficient (Wildman–Crippen LogP) is 4.67. The molecule has 2 atom stereocenters. The predicted molar refractivity (Wildman–Crippen MR) is 155 cm³/mol. The molecule has 1 amide bonds. The molecule has 216 valence electrons. The summed E-state index contributed by atoms with van der Waals surface area (Å²) in [7, 11) is -4.00. The van der Waals surface area contributed by atoms with Crippen LogP contribution in [0.5, 0.6) is 5.88 Å². The Morgan fingerprint density at radius 3 is 2.38 bits per heavy atom. The summed E-state index contributed by atoms with van der Waals surface area (Å²) in [6.45, 7) is 2.37. The Balaban J connectivity index is 0.000000300. The highest BCUT2D eigenvalue weighted by Crippen LogP contribution is 2.27. The summed E-state index contributed by atoms with van der Waals surface area (Å²) in [6.07, 6.45) is 1.75. The highest BCUT2D eigenvalue weighted by molar-refractivity contribution is 7.85. The molecule has 1 aliphatic heterocycles. The van der Waals surface area contributed by atoms with Gasteiger partial charge >= 0.3 is 0 Å². The van der Waals surface area contributed by atoms with Crippen molar-refractivity contribution < 1.29 is 26.9 Å². The maximum absolute atomic E-state index is 13.5. The standard InChI is InChI=1S/C24H22FN5O2.C6H6O3S/c1-15(17-3-2-4-18(25)11-17)32-23-10-9-22-27-13-21(30(22)28-23)16-5-7-20(8-6-16)29-14-19(26)12-24(29)31;7-10(8,9)6-4-2-1-3-5-6/h2-11,13,15,19H,12,14,26H2,1H3;1-5H,(H,7,8,9)/t15-,19+;/m1./s1. The zero-order valence-electron chi connectivity index (χ0n) is 22.5. The normalized spacial score (nSPS) is 15.8. The first kappa shape index (κ1) is 28.9. The van der Waals surface area contributed by atoms with Gasteiger partial charge in [0.2, 0.25) is 11.8 Å². The van der Waals surface area contributed by atoms with Crippen molar-refractivity contribution in [2.45, 2.75) is 30.4 Å². The Kier molecular flexibility index (Phi) is 8.29. The van der Waals surface area contributed by atoms with Crippen LogP contribution in [0, 0.1) is 5.82 Å². The van der Waals surface area contributed by atoms with Gasteiger partial charge in [0.05, 0.1) is 16.8 Å². The fourth-order valence-electron chi connectivity index (χ4n) is 4.51. The molecule has 0 bridgehead atoms. The molecular weight excluding hydrogens is 561 g/mol. The Hall–Kier alpha value is -4.65. The van der Waals surface area contributed by atoms with Crippen molar-refractivity contribution in [1.82, 2.24) is 14.6 Å². The molecular formula is C30H28FN5O5S. The number of carbonyl (C=O) groups excluding carboxylic acids is 1. The SMILES string of the molecule is C[C@@H](Oc1ccc2ncc(-c3ccc(N4C[C@@H](N)CC4=O)cc3)n2n1)c1cccc(F)c1.O=S(=O)(O)c1ccccc1. The van der Waals surface area contributed by atoms with Gasteiger partial charge in [0.1, 0.15) is 11.9 Å². The lowest BCUT2D eigenvalue weighted by molar-refractivity contribution is -0.117. The van der Waals surface area contributed by atoms with Crippen molar-refractivity contribution in [3.63, 3.8) is 0 Å². The van der Waals surface area contributed by atoms with Gasteiger partial charge in [0.15, 0.2) is 5.65 Å². The summed E-state index contributed by atoms with van der Waals surface area (Å²) in [6, 6.07) is 24.8. The fraction of sp³-hybridized carbons (Fsp3) is 0.167. The molecule has 3 aromatic carbocycles. The number of hydrogen-bond donors (Lipinski definition) is 2. The molecule has 0 saturated carbocycles. The van der Waals surface area contributed by atoms with Crippen molar-refractivity contribution in [3.05, 3.63) is 109 Å². The fourth-order valence-corrected chi connectivity index (χ4v) is 5.02. The van der Waals surface area contributed by atoms with Crippen LogP contribution >= 0.6 is 0 Å². The van der Waals surface area contributed by atoms with Crippen molar-refractivity contribution in [2.75, 3.05) is 11.4 Å². The topological polar surface area (TPSA) is 140 Å². The first-order valence-electron chi connectivity index (χ1n) is 13.0. The number of aromatic nitrogens is 3. The van der Waals surface area contributed by atoms with Gasteiger partial charge in [-0.05, 0) is 55.0 Å². The third-order valence-electron chi connectivity index (χ3n) is 6.62. The van der Waals surface area contributed by atoms with E-state index in [2.05, 4.69) is 10.1 Å². The van der Waals surface area contributed by atoms with E-state index in [0.717, 1.165) is 22.5 Å². The Labute approximate surface area is 241 Å². The molecule has 0 unspecified atom stereocenters. The van der Waals surface area contributed by atoms with Gasteiger partial charge < -0.3 is 15.4 Å². The molecule has 12 heteroatoms. The number of imidazole rings is 1. The number of rotatable bonds is 6. The van der Waals surface area contributed by atoms with Crippen LogP contribution in [0.25, 0.3) is 16.9 Å². The summed E-state index contributed by atoms with van der Waals surface area (Å²) in [5.74, 6) is 0.136. The van der Waals surface area contributed by atoms with E-state index in [0.29, 0.717) is 24.5 Å². The highest BCUT2D eigenvalue weighted by atomic mass is 32.2. The lowest BCUT2D eigenvalue weighted by Gasteiger charge is -2.16. The first-order valence-corrected chi connectivity index (χ1v) is 14.5. The monoisotopic (exact) mass is 589 g/mol. The van der Waals surface area contributed by atoms with E-state index in [1.54, 1.807) is 45.9 Å². The van der Waals surface area contributed by atoms with Gasteiger partial charge in [0, 0.05) is 36.3 Å². The van der Waals surface area contributed by atoms with Gasteiger partial charge in [-0.3, -0.25) is 9.35 Å². The van der Waals surface area contributed by atoms with Crippen LogP contribution in [0.2, 0.25) is 0 Å². The minimum atomic E-state index is -4.00. The Bertz CT molecular complexity index is 1810. The van der Waals surface area contributed by atoms with E-state index < -0.39 is 10.1 Å².